The number of piperidine rings is 1. The second-order valence-electron chi connectivity index (χ2n) is 4.94. The molecule has 1 aliphatic heterocycles. The zero-order valence-corrected chi connectivity index (χ0v) is 12.2. The van der Waals surface area contributed by atoms with E-state index < -0.39 is 0 Å². The molecular weight excluding hydrogens is 292 g/mol. The highest BCUT2D eigenvalue weighted by atomic mass is 79.9. The second kappa shape index (κ2) is 5.95. The van der Waals surface area contributed by atoms with Crippen molar-refractivity contribution in [2.75, 3.05) is 13.1 Å². The van der Waals surface area contributed by atoms with Gasteiger partial charge in [-0.2, -0.15) is 0 Å². The molecule has 18 heavy (non-hydrogen) atoms. The fourth-order valence-corrected chi connectivity index (χ4v) is 2.68. The van der Waals surface area contributed by atoms with Crippen molar-refractivity contribution in [2.24, 2.45) is 5.73 Å². The Morgan fingerprint density at radius 1 is 1.44 bits per heavy atom. The van der Waals surface area contributed by atoms with Gasteiger partial charge < -0.3 is 5.73 Å². The van der Waals surface area contributed by atoms with E-state index in [1.165, 1.54) is 0 Å². The van der Waals surface area contributed by atoms with Crippen molar-refractivity contribution in [3.05, 3.63) is 34.3 Å². The summed E-state index contributed by atoms with van der Waals surface area (Å²) in [5, 5.41) is 0. The largest absolute Gasteiger partial charge is 0.327 e. The molecule has 3 nitrogen and oxygen atoms in total. The molecule has 2 N–H and O–H groups in total. The van der Waals surface area contributed by atoms with E-state index in [9.17, 15) is 4.79 Å². The number of carbonyl (C=O) groups is 1. The van der Waals surface area contributed by atoms with Gasteiger partial charge in [-0.25, -0.2) is 0 Å². The van der Waals surface area contributed by atoms with Gasteiger partial charge in [-0.1, -0.05) is 28.1 Å². The summed E-state index contributed by atoms with van der Waals surface area (Å²) < 4.78 is 0.992. The Labute approximate surface area is 116 Å². The molecule has 1 saturated heterocycles. The van der Waals surface area contributed by atoms with E-state index in [-0.39, 0.29) is 17.9 Å². The number of carbonyl (C=O) groups excluding carboxylic acids is 1. The van der Waals surface area contributed by atoms with E-state index in [2.05, 4.69) is 20.8 Å². The number of benzene rings is 1. The normalized spacial score (nSPS) is 22.7. The molecule has 1 fully saturated rings. The SMILES string of the molecule is CC(C(=O)c1ccc(Br)cc1)N1CCCC(N)C1. The van der Waals surface area contributed by atoms with E-state index in [0.717, 1.165) is 36.0 Å². The lowest BCUT2D eigenvalue weighted by molar-refractivity contribution is 0.0794. The van der Waals surface area contributed by atoms with Crippen LogP contribution in [0.3, 0.4) is 0 Å². The van der Waals surface area contributed by atoms with Gasteiger partial charge in [0.1, 0.15) is 0 Å². The molecule has 1 aromatic rings. The molecule has 0 radical (unpaired) electrons. The summed E-state index contributed by atoms with van der Waals surface area (Å²) in [7, 11) is 0. The molecule has 2 rings (SSSR count). The highest BCUT2D eigenvalue weighted by Gasteiger charge is 2.26. The van der Waals surface area contributed by atoms with Crippen LogP contribution in [0.2, 0.25) is 0 Å². The molecule has 4 heteroatoms. The van der Waals surface area contributed by atoms with Crippen molar-refractivity contribution < 1.29 is 4.79 Å². The average molecular weight is 311 g/mol. The molecule has 0 aromatic heterocycles. The number of nitrogens with two attached hydrogens (primary N) is 1. The minimum atomic E-state index is -0.0856. The topological polar surface area (TPSA) is 46.3 Å². The molecule has 0 amide bonds. The minimum absolute atomic E-state index is 0.0856. The third kappa shape index (κ3) is 3.19. The summed E-state index contributed by atoms with van der Waals surface area (Å²) >= 11 is 3.38. The van der Waals surface area contributed by atoms with Gasteiger partial charge in [0.05, 0.1) is 6.04 Å². The molecule has 2 atom stereocenters. The van der Waals surface area contributed by atoms with Gasteiger partial charge in [0.2, 0.25) is 0 Å². The highest BCUT2D eigenvalue weighted by Crippen LogP contribution is 2.17. The van der Waals surface area contributed by atoms with Gasteiger partial charge in [-0.15, -0.1) is 0 Å². The number of likely N-dealkylation sites (tertiary alicyclic amines) is 1. The van der Waals surface area contributed by atoms with Gasteiger partial charge in [0, 0.05) is 22.6 Å². The molecule has 1 aliphatic rings. The predicted molar refractivity (Wildman–Crippen MR) is 76.7 cm³/mol. The van der Waals surface area contributed by atoms with E-state index in [1.807, 2.05) is 31.2 Å². The van der Waals surface area contributed by atoms with Crippen LogP contribution in [0.15, 0.2) is 28.7 Å². The zero-order chi connectivity index (χ0) is 13.1. The van der Waals surface area contributed by atoms with Gasteiger partial charge >= 0.3 is 0 Å². The highest BCUT2D eigenvalue weighted by molar-refractivity contribution is 9.10. The van der Waals surface area contributed by atoms with Gasteiger partial charge in [-0.3, -0.25) is 9.69 Å². The fraction of sp³-hybridized carbons (Fsp3) is 0.500. The van der Waals surface area contributed by atoms with Crippen LogP contribution in [0.25, 0.3) is 0 Å². The Bertz CT molecular complexity index is 418. The lowest BCUT2D eigenvalue weighted by atomic mass is 10.00. The fourth-order valence-electron chi connectivity index (χ4n) is 2.41. The van der Waals surface area contributed by atoms with E-state index in [1.54, 1.807) is 0 Å². The summed E-state index contributed by atoms with van der Waals surface area (Å²) in [6.07, 6.45) is 2.15. The Hall–Kier alpha value is -0.710. The molecular formula is C14H19BrN2O. The minimum Gasteiger partial charge on any atom is -0.327 e. The number of hydrogen-bond donors (Lipinski definition) is 1. The Kier molecular flexibility index (Phi) is 4.54. The number of rotatable bonds is 3. The number of Topliss-reactive ketones (excluding diaryl/α,β-unsaturated/α-hetero) is 1. The van der Waals surface area contributed by atoms with Gasteiger partial charge in [0.15, 0.2) is 5.78 Å². The maximum atomic E-state index is 12.4. The number of hydrogen-bond acceptors (Lipinski definition) is 3. The number of ketones is 1. The lowest BCUT2D eigenvalue weighted by Crippen LogP contribution is -2.49. The molecule has 0 bridgehead atoms. The Morgan fingerprint density at radius 3 is 2.72 bits per heavy atom. The first-order valence-corrected chi connectivity index (χ1v) is 7.16. The summed E-state index contributed by atoms with van der Waals surface area (Å²) in [6, 6.07) is 7.67. The Morgan fingerprint density at radius 2 is 2.11 bits per heavy atom. The standard InChI is InChI=1S/C14H19BrN2O/c1-10(17-8-2-3-13(16)9-17)14(18)11-4-6-12(15)7-5-11/h4-7,10,13H,2-3,8-9,16H2,1H3. The van der Waals surface area contributed by atoms with Crippen LogP contribution in [-0.2, 0) is 0 Å². The van der Waals surface area contributed by atoms with Crippen molar-refractivity contribution in [3.8, 4) is 0 Å². The van der Waals surface area contributed by atoms with Crippen LogP contribution in [0.1, 0.15) is 30.1 Å². The van der Waals surface area contributed by atoms with Crippen LogP contribution in [-0.4, -0.2) is 35.9 Å². The first-order chi connectivity index (χ1) is 8.58. The third-order valence-corrected chi connectivity index (χ3v) is 4.07. The monoisotopic (exact) mass is 310 g/mol. The molecule has 1 heterocycles. The molecule has 0 spiro atoms. The Balaban J connectivity index is 2.06. The number of halogens is 1. The van der Waals surface area contributed by atoms with Crippen molar-refractivity contribution in [1.29, 1.82) is 0 Å². The van der Waals surface area contributed by atoms with Crippen LogP contribution in [0.5, 0.6) is 0 Å². The average Bonchev–Trinajstić information content (AvgIpc) is 2.38. The van der Waals surface area contributed by atoms with Crippen molar-refractivity contribution in [2.45, 2.75) is 31.8 Å². The molecule has 0 saturated carbocycles. The third-order valence-electron chi connectivity index (χ3n) is 3.55. The van der Waals surface area contributed by atoms with E-state index in [0.29, 0.717) is 0 Å². The van der Waals surface area contributed by atoms with Gasteiger partial charge in [0.25, 0.3) is 0 Å². The van der Waals surface area contributed by atoms with E-state index >= 15 is 0 Å². The maximum absolute atomic E-state index is 12.4. The summed E-state index contributed by atoms with van der Waals surface area (Å²) in [4.78, 5) is 14.6. The first kappa shape index (κ1) is 13.7. The van der Waals surface area contributed by atoms with Crippen LogP contribution in [0.4, 0.5) is 0 Å². The lowest BCUT2D eigenvalue weighted by Gasteiger charge is -2.34. The number of nitrogens with zero attached hydrogens (tertiary/aromatic N) is 1. The maximum Gasteiger partial charge on any atom is 0.179 e. The first-order valence-electron chi connectivity index (χ1n) is 6.37. The molecule has 0 aliphatic carbocycles. The van der Waals surface area contributed by atoms with Crippen LogP contribution < -0.4 is 5.73 Å². The molecule has 1 aromatic carbocycles. The van der Waals surface area contributed by atoms with Gasteiger partial charge in [-0.05, 0) is 38.4 Å². The second-order valence-corrected chi connectivity index (χ2v) is 5.86. The molecule has 98 valence electrons. The smallest absolute Gasteiger partial charge is 0.179 e. The van der Waals surface area contributed by atoms with Crippen molar-refractivity contribution in [3.63, 3.8) is 0 Å². The van der Waals surface area contributed by atoms with Crippen molar-refractivity contribution in [1.82, 2.24) is 4.90 Å². The molecule has 2 unspecified atom stereocenters. The van der Waals surface area contributed by atoms with Crippen LogP contribution in [0, 0.1) is 0 Å². The van der Waals surface area contributed by atoms with E-state index in [4.69, 9.17) is 5.73 Å². The summed E-state index contributed by atoms with van der Waals surface area (Å²) in [5.74, 6) is 0.177. The van der Waals surface area contributed by atoms with Crippen molar-refractivity contribution >= 4 is 21.7 Å². The van der Waals surface area contributed by atoms with Crippen LogP contribution >= 0.6 is 15.9 Å². The quantitative estimate of drug-likeness (QED) is 0.872. The zero-order valence-electron chi connectivity index (χ0n) is 10.6. The summed E-state index contributed by atoms with van der Waals surface area (Å²) in [5.41, 5.74) is 6.73. The summed E-state index contributed by atoms with van der Waals surface area (Å²) in [6.45, 7) is 3.77. The predicted octanol–water partition coefficient (Wildman–Crippen LogP) is 2.44.